The summed E-state index contributed by atoms with van der Waals surface area (Å²) < 4.78 is 4.88. The summed E-state index contributed by atoms with van der Waals surface area (Å²) in [5.74, 6) is -0.697. The summed E-state index contributed by atoms with van der Waals surface area (Å²) >= 11 is 1.40. The van der Waals surface area contributed by atoms with Gasteiger partial charge in [-0.25, -0.2) is 4.79 Å². The molecule has 1 N–H and O–H groups in total. The zero-order valence-corrected chi connectivity index (χ0v) is 17.6. The second kappa shape index (κ2) is 8.53. The SMILES string of the molecule is CCc1c(C)sc(NC(=O)/C=C/c2ccc(C(C)(C)C)cc2)c1C(=O)OC. The van der Waals surface area contributed by atoms with Crippen LogP contribution in [0.15, 0.2) is 30.3 Å². The van der Waals surface area contributed by atoms with Crippen LogP contribution < -0.4 is 5.32 Å². The summed E-state index contributed by atoms with van der Waals surface area (Å²) in [5, 5.41) is 3.36. The van der Waals surface area contributed by atoms with E-state index in [9.17, 15) is 9.59 Å². The van der Waals surface area contributed by atoms with Crippen molar-refractivity contribution in [2.24, 2.45) is 0 Å². The highest BCUT2D eigenvalue weighted by Crippen LogP contribution is 2.34. The van der Waals surface area contributed by atoms with Crippen LogP contribution in [0.2, 0.25) is 0 Å². The molecule has 0 aliphatic carbocycles. The van der Waals surface area contributed by atoms with Crippen molar-refractivity contribution >= 4 is 34.3 Å². The lowest BCUT2D eigenvalue weighted by molar-refractivity contribution is -0.111. The highest BCUT2D eigenvalue weighted by molar-refractivity contribution is 7.16. The Balaban J connectivity index is 2.16. The first-order valence-corrected chi connectivity index (χ1v) is 9.79. The number of esters is 1. The number of thiophene rings is 1. The number of benzene rings is 1. The van der Waals surface area contributed by atoms with Gasteiger partial charge in [-0.15, -0.1) is 11.3 Å². The second-order valence-corrected chi connectivity index (χ2v) is 8.61. The second-order valence-electron chi connectivity index (χ2n) is 7.38. The summed E-state index contributed by atoms with van der Waals surface area (Å²) in [4.78, 5) is 25.5. The van der Waals surface area contributed by atoms with Crippen LogP contribution in [0.3, 0.4) is 0 Å². The van der Waals surface area contributed by atoms with Gasteiger partial charge in [0.25, 0.3) is 0 Å². The molecule has 0 atom stereocenters. The van der Waals surface area contributed by atoms with Crippen LogP contribution in [0.1, 0.15) is 59.6 Å². The van der Waals surface area contributed by atoms with E-state index in [1.165, 1.54) is 30.1 Å². The first kappa shape index (κ1) is 20.9. The van der Waals surface area contributed by atoms with Gasteiger partial charge in [0, 0.05) is 11.0 Å². The van der Waals surface area contributed by atoms with Gasteiger partial charge < -0.3 is 10.1 Å². The summed E-state index contributed by atoms with van der Waals surface area (Å²) in [5.41, 5.74) is 3.66. The number of carbonyl (C=O) groups excluding carboxylic acids is 2. The predicted molar refractivity (Wildman–Crippen MR) is 113 cm³/mol. The normalized spacial score (nSPS) is 11.6. The summed E-state index contributed by atoms with van der Waals surface area (Å²) in [7, 11) is 1.35. The Morgan fingerprint density at radius 2 is 1.81 bits per heavy atom. The fourth-order valence-electron chi connectivity index (χ4n) is 2.83. The third-order valence-electron chi connectivity index (χ3n) is 4.39. The molecule has 1 aromatic heterocycles. The molecule has 0 aliphatic heterocycles. The van der Waals surface area contributed by atoms with Crippen molar-refractivity contribution in [2.45, 2.75) is 46.5 Å². The molecule has 1 aromatic carbocycles. The van der Waals surface area contributed by atoms with E-state index < -0.39 is 5.97 Å². The molecule has 1 heterocycles. The van der Waals surface area contributed by atoms with Gasteiger partial charge >= 0.3 is 5.97 Å². The number of aryl methyl sites for hydroxylation is 1. The number of ether oxygens (including phenoxy) is 1. The monoisotopic (exact) mass is 385 g/mol. The third kappa shape index (κ3) is 5.07. The topological polar surface area (TPSA) is 55.4 Å². The quantitative estimate of drug-likeness (QED) is 0.557. The number of hydrogen-bond acceptors (Lipinski definition) is 4. The molecule has 1 amide bonds. The molecule has 0 saturated heterocycles. The Hall–Kier alpha value is -2.40. The standard InChI is InChI=1S/C22H27NO3S/c1-7-17-14(2)27-20(19(17)21(25)26-6)23-18(24)13-10-15-8-11-16(12-9-15)22(3,4)5/h8-13H,7H2,1-6H3,(H,23,24)/b13-10+. The Morgan fingerprint density at radius 1 is 1.19 bits per heavy atom. The highest BCUT2D eigenvalue weighted by atomic mass is 32.1. The minimum absolute atomic E-state index is 0.0952. The Labute approximate surface area is 165 Å². The smallest absolute Gasteiger partial charge is 0.341 e. The van der Waals surface area contributed by atoms with E-state index in [0.717, 1.165) is 16.0 Å². The number of nitrogens with one attached hydrogen (secondary N) is 1. The average Bonchev–Trinajstić information content (AvgIpc) is 2.93. The molecule has 0 unspecified atom stereocenters. The van der Waals surface area contributed by atoms with Gasteiger partial charge in [0.05, 0.1) is 12.7 Å². The lowest BCUT2D eigenvalue weighted by Crippen LogP contribution is -2.12. The van der Waals surface area contributed by atoms with Crippen LogP contribution in [-0.2, 0) is 21.4 Å². The zero-order chi connectivity index (χ0) is 20.2. The van der Waals surface area contributed by atoms with Crippen LogP contribution in [0, 0.1) is 6.92 Å². The van der Waals surface area contributed by atoms with Crippen molar-refractivity contribution in [1.29, 1.82) is 0 Å². The van der Waals surface area contributed by atoms with Crippen LogP contribution >= 0.6 is 11.3 Å². The molecule has 144 valence electrons. The maximum atomic E-state index is 12.3. The molecule has 0 spiro atoms. The molecule has 27 heavy (non-hydrogen) atoms. The maximum Gasteiger partial charge on any atom is 0.341 e. The van der Waals surface area contributed by atoms with Crippen molar-refractivity contribution in [3.05, 3.63) is 57.5 Å². The van der Waals surface area contributed by atoms with Crippen LogP contribution in [0.25, 0.3) is 6.08 Å². The Kier molecular flexibility index (Phi) is 6.60. The van der Waals surface area contributed by atoms with Gasteiger partial charge in [-0.1, -0.05) is 52.0 Å². The van der Waals surface area contributed by atoms with Crippen LogP contribution in [0.5, 0.6) is 0 Å². The van der Waals surface area contributed by atoms with Gasteiger partial charge in [-0.3, -0.25) is 4.79 Å². The number of anilines is 1. The fraction of sp³-hybridized carbons (Fsp3) is 0.364. The molecule has 0 fully saturated rings. The molecule has 0 aliphatic rings. The molecular weight excluding hydrogens is 358 g/mol. The summed E-state index contributed by atoms with van der Waals surface area (Å²) in [6, 6.07) is 8.13. The molecule has 4 nitrogen and oxygen atoms in total. The molecule has 0 bridgehead atoms. The van der Waals surface area contributed by atoms with E-state index >= 15 is 0 Å². The van der Waals surface area contributed by atoms with E-state index in [4.69, 9.17) is 4.74 Å². The van der Waals surface area contributed by atoms with E-state index in [1.807, 2.05) is 26.0 Å². The lowest BCUT2D eigenvalue weighted by Gasteiger charge is -2.18. The summed E-state index contributed by atoms with van der Waals surface area (Å²) in [6.45, 7) is 10.4. The van der Waals surface area contributed by atoms with Gasteiger partial charge in [0.2, 0.25) is 5.91 Å². The van der Waals surface area contributed by atoms with E-state index in [0.29, 0.717) is 17.0 Å². The van der Waals surface area contributed by atoms with Gasteiger partial charge in [0.1, 0.15) is 5.00 Å². The van der Waals surface area contributed by atoms with Gasteiger partial charge in [0.15, 0.2) is 0 Å². The first-order chi connectivity index (χ1) is 12.7. The van der Waals surface area contributed by atoms with Crippen molar-refractivity contribution in [1.82, 2.24) is 0 Å². The Bertz CT molecular complexity index is 855. The lowest BCUT2D eigenvalue weighted by atomic mass is 9.87. The number of carbonyl (C=O) groups is 2. The number of amides is 1. The first-order valence-electron chi connectivity index (χ1n) is 8.97. The molecular formula is C22H27NO3S. The zero-order valence-electron chi connectivity index (χ0n) is 16.8. The van der Waals surface area contributed by atoms with Crippen molar-refractivity contribution in [3.8, 4) is 0 Å². The average molecular weight is 386 g/mol. The largest absolute Gasteiger partial charge is 0.465 e. The molecule has 2 aromatic rings. The number of methoxy groups -OCH3 is 1. The minimum Gasteiger partial charge on any atom is -0.465 e. The molecule has 2 rings (SSSR count). The maximum absolute atomic E-state index is 12.3. The van der Waals surface area contributed by atoms with Crippen LogP contribution in [-0.4, -0.2) is 19.0 Å². The van der Waals surface area contributed by atoms with Gasteiger partial charge in [-0.2, -0.15) is 0 Å². The van der Waals surface area contributed by atoms with Crippen molar-refractivity contribution < 1.29 is 14.3 Å². The number of rotatable bonds is 5. The molecule has 0 saturated carbocycles. The van der Waals surface area contributed by atoms with Crippen molar-refractivity contribution in [3.63, 3.8) is 0 Å². The highest BCUT2D eigenvalue weighted by Gasteiger charge is 2.22. The molecule has 5 heteroatoms. The van der Waals surface area contributed by atoms with E-state index in [2.05, 4.69) is 38.2 Å². The van der Waals surface area contributed by atoms with E-state index in [1.54, 1.807) is 6.08 Å². The predicted octanol–water partition coefficient (Wildman–Crippen LogP) is 5.35. The van der Waals surface area contributed by atoms with Crippen molar-refractivity contribution in [2.75, 3.05) is 12.4 Å². The summed E-state index contributed by atoms with van der Waals surface area (Å²) in [6.07, 6.45) is 3.95. The Morgan fingerprint density at radius 3 is 2.33 bits per heavy atom. The van der Waals surface area contributed by atoms with Crippen LogP contribution in [0.4, 0.5) is 5.00 Å². The fourth-order valence-corrected chi connectivity index (χ4v) is 3.97. The van der Waals surface area contributed by atoms with E-state index in [-0.39, 0.29) is 11.3 Å². The molecule has 0 radical (unpaired) electrons. The third-order valence-corrected chi connectivity index (χ3v) is 5.46. The minimum atomic E-state index is -0.423. The number of hydrogen-bond donors (Lipinski definition) is 1. The van der Waals surface area contributed by atoms with Gasteiger partial charge in [-0.05, 0) is 41.5 Å².